The number of hydrogen-bond donors (Lipinski definition) is 1. The van der Waals surface area contributed by atoms with Crippen molar-refractivity contribution in [1.82, 2.24) is 10.5 Å². The average molecular weight is 262 g/mol. The number of rotatable bonds is 7. The first-order valence-corrected chi connectivity index (χ1v) is 6.18. The Labute approximate surface area is 112 Å². The highest BCUT2D eigenvalue weighted by Crippen LogP contribution is 2.25. The molecule has 0 aliphatic heterocycles. The van der Waals surface area contributed by atoms with Crippen molar-refractivity contribution in [3.8, 4) is 11.5 Å². The smallest absolute Gasteiger partial charge is 0.161 e. The van der Waals surface area contributed by atoms with Crippen molar-refractivity contribution in [3.05, 3.63) is 41.8 Å². The van der Waals surface area contributed by atoms with Crippen molar-refractivity contribution in [2.24, 2.45) is 0 Å². The molecule has 0 unspecified atom stereocenters. The Morgan fingerprint density at radius 1 is 1.26 bits per heavy atom. The molecule has 0 radical (unpaired) electrons. The maximum Gasteiger partial charge on any atom is 0.161 e. The molecule has 0 fully saturated rings. The number of benzene rings is 1. The van der Waals surface area contributed by atoms with Crippen LogP contribution in [-0.4, -0.2) is 25.4 Å². The van der Waals surface area contributed by atoms with Crippen LogP contribution in [-0.2, 0) is 6.54 Å². The van der Waals surface area contributed by atoms with E-state index in [0.29, 0.717) is 13.2 Å². The van der Waals surface area contributed by atoms with Gasteiger partial charge in [0.25, 0.3) is 0 Å². The Hall–Kier alpha value is -2.01. The summed E-state index contributed by atoms with van der Waals surface area (Å²) in [5, 5.41) is 7.05. The summed E-state index contributed by atoms with van der Waals surface area (Å²) in [5.74, 6) is 2.32. The van der Waals surface area contributed by atoms with Gasteiger partial charge in [0.1, 0.15) is 6.61 Å². The highest BCUT2D eigenvalue weighted by atomic mass is 16.5. The molecule has 5 heteroatoms. The van der Waals surface area contributed by atoms with E-state index in [1.165, 1.54) is 0 Å². The van der Waals surface area contributed by atoms with Crippen LogP contribution >= 0.6 is 0 Å². The summed E-state index contributed by atoms with van der Waals surface area (Å²) >= 11 is 0. The molecule has 0 saturated carbocycles. The van der Waals surface area contributed by atoms with Crippen molar-refractivity contribution in [2.45, 2.75) is 13.5 Å². The van der Waals surface area contributed by atoms with Gasteiger partial charge in [-0.05, 0) is 19.1 Å². The van der Waals surface area contributed by atoms with E-state index in [9.17, 15) is 0 Å². The first-order chi connectivity index (χ1) is 9.29. The number of hydrogen-bond acceptors (Lipinski definition) is 5. The molecule has 0 bridgehead atoms. The van der Waals surface area contributed by atoms with Gasteiger partial charge in [0.2, 0.25) is 0 Å². The van der Waals surface area contributed by atoms with Crippen LogP contribution in [0.5, 0.6) is 11.5 Å². The molecule has 2 rings (SSSR count). The number of nitrogens with one attached hydrogen (secondary N) is 1. The lowest BCUT2D eigenvalue weighted by molar-refractivity contribution is 0.288. The normalized spacial score (nSPS) is 10.4. The highest BCUT2D eigenvalue weighted by Gasteiger charge is 2.02. The van der Waals surface area contributed by atoms with Gasteiger partial charge in [-0.3, -0.25) is 0 Å². The summed E-state index contributed by atoms with van der Waals surface area (Å²) in [6.45, 7) is 3.83. The first kappa shape index (κ1) is 13.4. The Bertz CT molecular complexity index is 511. The summed E-state index contributed by atoms with van der Waals surface area (Å²) in [6, 6.07) is 9.51. The zero-order chi connectivity index (χ0) is 13.5. The van der Waals surface area contributed by atoms with E-state index in [-0.39, 0.29) is 0 Å². The number of aryl methyl sites for hydroxylation is 1. The van der Waals surface area contributed by atoms with Crippen LogP contribution in [0, 0.1) is 6.92 Å². The van der Waals surface area contributed by atoms with Gasteiger partial charge >= 0.3 is 0 Å². The SMILES string of the molecule is COc1ccccc1OCCNCc1cc(C)no1. The van der Waals surface area contributed by atoms with Gasteiger partial charge in [0.15, 0.2) is 17.3 Å². The molecule has 5 nitrogen and oxygen atoms in total. The second-order valence-corrected chi connectivity index (χ2v) is 4.11. The molecular weight excluding hydrogens is 244 g/mol. The van der Waals surface area contributed by atoms with E-state index in [1.807, 2.05) is 37.3 Å². The monoisotopic (exact) mass is 262 g/mol. The summed E-state index contributed by atoms with van der Waals surface area (Å²) in [6.07, 6.45) is 0. The lowest BCUT2D eigenvalue weighted by Gasteiger charge is -2.10. The molecule has 0 spiro atoms. The zero-order valence-electron chi connectivity index (χ0n) is 11.2. The number of ether oxygens (including phenoxy) is 2. The predicted octanol–water partition coefficient (Wildman–Crippen LogP) is 2.16. The number of nitrogens with zero attached hydrogens (tertiary/aromatic N) is 1. The molecule has 0 aliphatic rings. The van der Waals surface area contributed by atoms with Crippen LogP contribution in [0.4, 0.5) is 0 Å². The van der Waals surface area contributed by atoms with E-state index in [2.05, 4.69) is 10.5 Å². The molecule has 1 heterocycles. The summed E-state index contributed by atoms with van der Waals surface area (Å²) < 4.78 is 15.9. The van der Waals surface area contributed by atoms with Crippen LogP contribution in [0.25, 0.3) is 0 Å². The maximum absolute atomic E-state index is 5.64. The van der Waals surface area contributed by atoms with Gasteiger partial charge in [0.05, 0.1) is 19.3 Å². The molecule has 102 valence electrons. The van der Waals surface area contributed by atoms with Crippen molar-refractivity contribution in [2.75, 3.05) is 20.3 Å². The second-order valence-electron chi connectivity index (χ2n) is 4.11. The van der Waals surface area contributed by atoms with Crippen LogP contribution in [0.3, 0.4) is 0 Å². The van der Waals surface area contributed by atoms with Gasteiger partial charge in [-0.15, -0.1) is 0 Å². The molecule has 1 aromatic heterocycles. The first-order valence-electron chi connectivity index (χ1n) is 6.18. The van der Waals surface area contributed by atoms with Gasteiger partial charge in [-0.2, -0.15) is 0 Å². The molecule has 0 saturated heterocycles. The van der Waals surface area contributed by atoms with Crippen LogP contribution in [0.2, 0.25) is 0 Å². The van der Waals surface area contributed by atoms with Crippen molar-refractivity contribution in [3.63, 3.8) is 0 Å². The summed E-state index contributed by atoms with van der Waals surface area (Å²) in [7, 11) is 1.63. The van der Waals surface area contributed by atoms with E-state index in [4.69, 9.17) is 14.0 Å². The van der Waals surface area contributed by atoms with Crippen LogP contribution < -0.4 is 14.8 Å². The Balaban J connectivity index is 1.69. The van der Waals surface area contributed by atoms with Gasteiger partial charge < -0.3 is 19.3 Å². The molecule has 1 aromatic carbocycles. The minimum atomic E-state index is 0.563. The lowest BCUT2D eigenvalue weighted by atomic mass is 10.3. The third-order valence-corrected chi connectivity index (χ3v) is 2.58. The molecular formula is C14H18N2O3. The lowest BCUT2D eigenvalue weighted by Crippen LogP contribution is -2.20. The third kappa shape index (κ3) is 3.99. The standard InChI is InChI=1S/C14H18N2O3/c1-11-9-12(19-16-11)10-15-7-8-18-14-6-4-3-5-13(14)17-2/h3-6,9,15H,7-8,10H2,1-2H3. The largest absolute Gasteiger partial charge is 0.493 e. The number of para-hydroxylation sites is 2. The molecule has 0 atom stereocenters. The summed E-state index contributed by atoms with van der Waals surface area (Å²) in [4.78, 5) is 0. The van der Waals surface area contributed by atoms with Gasteiger partial charge in [0, 0.05) is 12.6 Å². The van der Waals surface area contributed by atoms with Crippen molar-refractivity contribution >= 4 is 0 Å². The summed E-state index contributed by atoms with van der Waals surface area (Å²) in [5.41, 5.74) is 0.891. The fraction of sp³-hybridized carbons (Fsp3) is 0.357. The second kappa shape index (κ2) is 6.80. The molecule has 2 aromatic rings. The third-order valence-electron chi connectivity index (χ3n) is 2.58. The minimum Gasteiger partial charge on any atom is -0.493 e. The average Bonchev–Trinajstić information content (AvgIpc) is 2.84. The Morgan fingerprint density at radius 2 is 2.05 bits per heavy atom. The van der Waals surface area contributed by atoms with E-state index in [1.54, 1.807) is 7.11 Å². The molecule has 1 N–H and O–H groups in total. The highest BCUT2D eigenvalue weighted by molar-refractivity contribution is 5.39. The van der Waals surface area contributed by atoms with Gasteiger partial charge in [-0.25, -0.2) is 0 Å². The fourth-order valence-electron chi connectivity index (χ4n) is 1.68. The van der Waals surface area contributed by atoms with Crippen LogP contribution in [0.15, 0.2) is 34.9 Å². The number of methoxy groups -OCH3 is 1. The Morgan fingerprint density at radius 3 is 2.74 bits per heavy atom. The number of aromatic nitrogens is 1. The Kier molecular flexibility index (Phi) is 4.80. The molecule has 0 amide bonds. The molecule has 0 aliphatic carbocycles. The van der Waals surface area contributed by atoms with Crippen molar-refractivity contribution < 1.29 is 14.0 Å². The van der Waals surface area contributed by atoms with E-state index >= 15 is 0 Å². The zero-order valence-corrected chi connectivity index (χ0v) is 11.2. The van der Waals surface area contributed by atoms with E-state index < -0.39 is 0 Å². The maximum atomic E-state index is 5.64. The fourth-order valence-corrected chi connectivity index (χ4v) is 1.68. The van der Waals surface area contributed by atoms with E-state index in [0.717, 1.165) is 29.5 Å². The minimum absolute atomic E-state index is 0.563. The molecule has 19 heavy (non-hydrogen) atoms. The van der Waals surface area contributed by atoms with Gasteiger partial charge in [-0.1, -0.05) is 17.3 Å². The van der Waals surface area contributed by atoms with Crippen molar-refractivity contribution in [1.29, 1.82) is 0 Å². The quantitative estimate of drug-likeness (QED) is 0.775. The predicted molar refractivity (Wildman–Crippen MR) is 71.4 cm³/mol. The van der Waals surface area contributed by atoms with Crippen LogP contribution in [0.1, 0.15) is 11.5 Å². The topological polar surface area (TPSA) is 56.5 Å².